The van der Waals surface area contributed by atoms with Crippen LogP contribution in [0.1, 0.15) is 24.0 Å². The molecule has 0 saturated heterocycles. The fourth-order valence-electron chi connectivity index (χ4n) is 2.95. The van der Waals surface area contributed by atoms with Crippen LogP contribution >= 0.6 is 22.9 Å². The van der Waals surface area contributed by atoms with Crippen molar-refractivity contribution in [1.82, 2.24) is 4.98 Å². The number of benzene rings is 2. The van der Waals surface area contributed by atoms with E-state index in [0.29, 0.717) is 0 Å². The summed E-state index contributed by atoms with van der Waals surface area (Å²) in [6.45, 7) is 0. The van der Waals surface area contributed by atoms with E-state index in [1.807, 2.05) is 30.3 Å². The summed E-state index contributed by atoms with van der Waals surface area (Å²) in [6, 6.07) is 12.3. The van der Waals surface area contributed by atoms with Gasteiger partial charge in [0.05, 0.1) is 9.72 Å². The molecule has 3 aromatic rings. The Hall–Kier alpha value is -1.58. The molecule has 0 bridgehead atoms. The Morgan fingerprint density at radius 3 is 2.76 bits per heavy atom. The van der Waals surface area contributed by atoms with Gasteiger partial charge in [-0.25, -0.2) is 4.98 Å². The maximum atomic E-state index is 6.43. The molecule has 0 fully saturated rings. The Morgan fingerprint density at radius 2 is 1.90 bits per heavy atom. The lowest BCUT2D eigenvalue weighted by molar-refractivity contribution is 0.690. The van der Waals surface area contributed by atoms with E-state index in [-0.39, 0.29) is 0 Å². The number of anilines is 2. The molecule has 21 heavy (non-hydrogen) atoms. The molecule has 2 nitrogen and oxygen atoms in total. The highest BCUT2D eigenvalue weighted by Crippen LogP contribution is 2.39. The first kappa shape index (κ1) is 13.1. The van der Waals surface area contributed by atoms with Crippen LogP contribution in [0.5, 0.6) is 0 Å². The van der Waals surface area contributed by atoms with Crippen LogP contribution in [0.25, 0.3) is 10.2 Å². The molecule has 4 heteroatoms. The number of thiazole rings is 1. The van der Waals surface area contributed by atoms with E-state index < -0.39 is 0 Å². The van der Waals surface area contributed by atoms with Crippen LogP contribution in [-0.2, 0) is 12.8 Å². The molecule has 1 aliphatic carbocycles. The number of fused-ring (bicyclic) bond motifs is 3. The SMILES string of the molecule is Clc1cc2c(c3sc(Nc4ccccc4)nc13)CCCC2. The lowest BCUT2D eigenvalue weighted by Gasteiger charge is -2.16. The molecule has 1 heterocycles. The van der Waals surface area contributed by atoms with Gasteiger partial charge in [-0.15, -0.1) is 0 Å². The van der Waals surface area contributed by atoms with Gasteiger partial charge in [0.15, 0.2) is 5.13 Å². The molecule has 0 atom stereocenters. The monoisotopic (exact) mass is 314 g/mol. The second kappa shape index (κ2) is 5.32. The summed E-state index contributed by atoms with van der Waals surface area (Å²) >= 11 is 8.14. The normalized spacial score (nSPS) is 14.1. The predicted molar refractivity (Wildman–Crippen MR) is 91.0 cm³/mol. The summed E-state index contributed by atoms with van der Waals surface area (Å²) in [6.07, 6.45) is 4.83. The largest absolute Gasteiger partial charge is 0.332 e. The number of rotatable bonds is 2. The zero-order valence-electron chi connectivity index (χ0n) is 11.5. The molecule has 1 N–H and O–H groups in total. The van der Waals surface area contributed by atoms with Crippen LogP contribution in [-0.4, -0.2) is 4.98 Å². The third-order valence-corrected chi connectivity index (χ3v) is 5.28. The van der Waals surface area contributed by atoms with E-state index in [2.05, 4.69) is 11.4 Å². The Bertz CT molecular complexity index is 795. The molecule has 2 aromatic carbocycles. The maximum absolute atomic E-state index is 6.43. The van der Waals surface area contributed by atoms with E-state index in [1.165, 1.54) is 28.7 Å². The second-order valence-corrected chi connectivity index (χ2v) is 6.80. The zero-order chi connectivity index (χ0) is 14.2. The lowest BCUT2D eigenvalue weighted by Crippen LogP contribution is -2.02. The molecule has 0 saturated carbocycles. The second-order valence-electron chi connectivity index (χ2n) is 5.39. The van der Waals surface area contributed by atoms with Gasteiger partial charge in [-0.2, -0.15) is 0 Å². The van der Waals surface area contributed by atoms with Crippen molar-refractivity contribution >= 4 is 44.0 Å². The molecular formula is C17H15ClN2S. The molecule has 0 unspecified atom stereocenters. The molecular weight excluding hydrogens is 300 g/mol. The standard InChI is InChI=1S/C17H15ClN2S/c18-14-10-11-6-4-5-9-13(11)16-15(14)20-17(21-16)19-12-7-2-1-3-8-12/h1-3,7-8,10H,4-6,9H2,(H,19,20). The Morgan fingerprint density at radius 1 is 1.10 bits per heavy atom. The van der Waals surface area contributed by atoms with E-state index in [4.69, 9.17) is 16.6 Å². The third kappa shape index (κ3) is 2.41. The predicted octanol–water partition coefficient (Wildman–Crippen LogP) is 5.57. The number of para-hydroxylation sites is 1. The number of aryl methyl sites for hydroxylation is 2. The third-order valence-electron chi connectivity index (χ3n) is 3.96. The minimum Gasteiger partial charge on any atom is -0.332 e. The van der Waals surface area contributed by atoms with Gasteiger partial charge in [0.25, 0.3) is 0 Å². The van der Waals surface area contributed by atoms with Crippen LogP contribution in [0.4, 0.5) is 10.8 Å². The number of halogens is 1. The summed E-state index contributed by atoms with van der Waals surface area (Å²) in [7, 11) is 0. The lowest BCUT2D eigenvalue weighted by atomic mass is 9.91. The highest BCUT2D eigenvalue weighted by Gasteiger charge is 2.18. The van der Waals surface area contributed by atoms with Gasteiger partial charge in [0.2, 0.25) is 0 Å². The highest BCUT2D eigenvalue weighted by molar-refractivity contribution is 7.22. The number of hydrogen-bond donors (Lipinski definition) is 1. The van der Waals surface area contributed by atoms with Gasteiger partial charge < -0.3 is 5.32 Å². The van der Waals surface area contributed by atoms with Crippen molar-refractivity contribution in [3.8, 4) is 0 Å². The topological polar surface area (TPSA) is 24.9 Å². The fraction of sp³-hybridized carbons (Fsp3) is 0.235. The average Bonchev–Trinajstić information content (AvgIpc) is 2.93. The summed E-state index contributed by atoms with van der Waals surface area (Å²) in [5, 5.41) is 5.07. The number of hydrogen-bond acceptors (Lipinski definition) is 3. The smallest absolute Gasteiger partial charge is 0.188 e. The Balaban J connectivity index is 1.80. The quantitative estimate of drug-likeness (QED) is 0.668. The van der Waals surface area contributed by atoms with Gasteiger partial charge in [0.1, 0.15) is 5.52 Å². The van der Waals surface area contributed by atoms with E-state index in [1.54, 1.807) is 11.3 Å². The molecule has 1 aliphatic rings. The van der Waals surface area contributed by atoms with Crippen LogP contribution in [0.3, 0.4) is 0 Å². The average molecular weight is 315 g/mol. The van der Waals surface area contributed by atoms with E-state index in [9.17, 15) is 0 Å². The van der Waals surface area contributed by atoms with Gasteiger partial charge in [-0.1, -0.05) is 41.1 Å². The molecule has 0 amide bonds. The fourth-order valence-corrected chi connectivity index (χ4v) is 4.39. The van der Waals surface area contributed by atoms with Crippen molar-refractivity contribution in [3.05, 3.63) is 52.5 Å². The highest BCUT2D eigenvalue weighted by atomic mass is 35.5. The zero-order valence-corrected chi connectivity index (χ0v) is 13.1. The summed E-state index contributed by atoms with van der Waals surface area (Å²) in [4.78, 5) is 4.69. The van der Waals surface area contributed by atoms with Gasteiger partial charge >= 0.3 is 0 Å². The summed E-state index contributed by atoms with van der Waals surface area (Å²) < 4.78 is 1.26. The molecule has 0 spiro atoms. The van der Waals surface area contributed by atoms with Crippen molar-refractivity contribution in [2.24, 2.45) is 0 Å². The molecule has 4 rings (SSSR count). The molecule has 0 aliphatic heterocycles. The van der Waals surface area contributed by atoms with Gasteiger partial charge in [-0.3, -0.25) is 0 Å². The van der Waals surface area contributed by atoms with Crippen LogP contribution in [0.15, 0.2) is 36.4 Å². The Labute approximate surface area is 132 Å². The van der Waals surface area contributed by atoms with Crippen molar-refractivity contribution in [2.45, 2.75) is 25.7 Å². The van der Waals surface area contributed by atoms with Crippen LogP contribution in [0, 0.1) is 0 Å². The van der Waals surface area contributed by atoms with Crippen molar-refractivity contribution < 1.29 is 0 Å². The van der Waals surface area contributed by atoms with Gasteiger partial charge in [-0.05, 0) is 55.0 Å². The van der Waals surface area contributed by atoms with Crippen LogP contribution < -0.4 is 5.32 Å². The molecule has 0 radical (unpaired) electrons. The van der Waals surface area contributed by atoms with Crippen LogP contribution in [0.2, 0.25) is 5.02 Å². The number of nitrogens with zero attached hydrogens (tertiary/aromatic N) is 1. The molecule has 106 valence electrons. The van der Waals surface area contributed by atoms with Crippen molar-refractivity contribution in [1.29, 1.82) is 0 Å². The Kier molecular flexibility index (Phi) is 3.32. The minimum absolute atomic E-state index is 0.781. The van der Waals surface area contributed by atoms with E-state index in [0.717, 1.165) is 34.2 Å². The summed E-state index contributed by atoms with van der Waals surface area (Å²) in [5.74, 6) is 0. The first-order valence-electron chi connectivity index (χ1n) is 7.24. The maximum Gasteiger partial charge on any atom is 0.188 e. The van der Waals surface area contributed by atoms with Crippen molar-refractivity contribution in [2.75, 3.05) is 5.32 Å². The minimum atomic E-state index is 0.781. The first-order valence-corrected chi connectivity index (χ1v) is 8.43. The number of nitrogens with one attached hydrogen (secondary N) is 1. The summed E-state index contributed by atoms with van der Waals surface area (Å²) in [5.41, 5.74) is 4.87. The number of aromatic nitrogens is 1. The van der Waals surface area contributed by atoms with Gasteiger partial charge in [0, 0.05) is 5.69 Å². The molecule has 1 aromatic heterocycles. The van der Waals surface area contributed by atoms with Crippen molar-refractivity contribution in [3.63, 3.8) is 0 Å². The first-order chi connectivity index (χ1) is 10.3. The van der Waals surface area contributed by atoms with E-state index >= 15 is 0 Å².